The van der Waals surface area contributed by atoms with Crippen LogP contribution in [0.5, 0.6) is 5.75 Å². The average Bonchev–Trinajstić information content (AvgIpc) is 3.31. The first-order chi connectivity index (χ1) is 13.9. The zero-order chi connectivity index (χ0) is 20.2. The molecule has 5 rings (SSSR count). The van der Waals surface area contributed by atoms with E-state index < -0.39 is 0 Å². The SMILES string of the molecule is COc1ccc(NCC2=CC=C3C4=C(C(C)C)CC[C@]4(C)CC[C@]34O[C@H]4C2)cc1. The lowest BCUT2D eigenvalue weighted by Crippen LogP contribution is -2.34. The van der Waals surface area contributed by atoms with Crippen molar-refractivity contribution in [3.05, 3.63) is 58.7 Å². The summed E-state index contributed by atoms with van der Waals surface area (Å²) in [6.07, 6.45) is 11.2. The number of allylic oxidation sites excluding steroid dienone is 3. The van der Waals surface area contributed by atoms with E-state index >= 15 is 0 Å². The van der Waals surface area contributed by atoms with E-state index in [4.69, 9.17) is 9.47 Å². The van der Waals surface area contributed by atoms with Gasteiger partial charge in [-0.1, -0.05) is 38.5 Å². The first-order valence-electron chi connectivity index (χ1n) is 11.1. The highest BCUT2D eigenvalue weighted by Gasteiger charge is 2.64. The maximum absolute atomic E-state index is 6.46. The van der Waals surface area contributed by atoms with Crippen LogP contribution in [0.2, 0.25) is 0 Å². The van der Waals surface area contributed by atoms with Crippen LogP contribution in [0.3, 0.4) is 0 Å². The molecule has 2 fully saturated rings. The molecule has 0 amide bonds. The molecule has 1 N–H and O–H groups in total. The van der Waals surface area contributed by atoms with Crippen LogP contribution < -0.4 is 10.1 Å². The predicted molar refractivity (Wildman–Crippen MR) is 118 cm³/mol. The van der Waals surface area contributed by atoms with Crippen LogP contribution in [0.15, 0.2) is 58.7 Å². The van der Waals surface area contributed by atoms with E-state index in [2.05, 4.69) is 50.4 Å². The quantitative estimate of drug-likeness (QED) is 0.621. The molecule has 154 valence electrons. The molecule has 1 heterocycles. The molecular weight excluding hydrogens is 358 g/mol. The number of epoxide rings is 1. The minimum absolute atomic E-state index is 0.00230. The summed E-state index contributed by atoms with van der Waals surface area (Å²) in [4.78, 5) is 0. The Kier molecular flexibility index (Phi) is 4.43. The zero-order valence-electron chi connectivity index (χ0n) is 18.2. The van der Waals surface area contributed by atoms with Crippen molar-refractivity contribution in [1.82, 2.24) is 0 Å². The van der Waals surface area contributed by atoms with Gasteiger partial charge in [0.05, 0.1) is 13.2 Å². The Morgan fingerprint density at radius 2 is 1.93 bits per heavy atom. The van der Waals surface area contributed by atoms with Crippen molar-refractivity contribution in [2.24, 2.45) is 11.3 Å². The van der Waals surface area contributed by atoms with Crippen molar-refractivity contribution in [3.63, 3.8) is 0 Å². The largest absolute Gasteiger partial charge is 0.497 e. The second-order valence-electron chi connectivity index (χ2n) is 9.80. The highest BCUT2D eigenvalue weighted by Crippen LogP contribution is 2.65. The van der Waals surface area contributed by atoms with E-state index in [0.717, 1.165) is 24.4 Å². The number of hydrogen-bond acceptors (Lipinski definition) is 3. The molecule has 0 bridgehead atoms. The van der Waals surface area contributed by atoms with Gasteiger partial charge >= 0.3 is 0 Å². The topological polar surface area (TPSA) is 33.8 Å². The first kappa shape index (κ1) is 19.0. The van der Waals surface area contributed by atoms with Crippen molar-refractivity contribution in [3.8, 4) is 5.75 Å². The van der Waals surface area contributed by atoms with Crippen molar-refractivity contribution >= 4 is 5.69 Å². The molecule has 0 radical (unpaired) electrons. The van der Waals surface area contributed by atoms with Gasteiger partial charge in [0.15, 0.2) is 0 Å². The summed E-state index contributed by atoms with van der Waals surface area (Å²) < 4.78 is 11.7. The standard InChI is InChI=1S/C26H33NO2/c1-17(2)21-11-12-25(3)13-14-26-22(24(21)25)10-5-18(15-23(26)29-26)16-27-19-6-8-20(28-4)9-7-19/h5-10,17,23,27H,11-16H2,1-4H3/t23-,25+,26-/m0/s1. The number of rotatable bonds is 5. The summed E-state index contributed by atoms with van der Waals surface area (Å²) in [5, 5.41) is 3.57. The number of methoxy groups -OCH3 is 1. The minimum atomic E-state index is -0.00230. The summed E-state index contributed by atoms with van der Waals surface area (Å²) in [5.41, 5.74) is 7.75. The summed E-state index contributed by atoms with van der Waals surface area (Å²) in [7, 11) is 1.70. The summed E-state index contributed by atoms with van der Waals surface area (Å²) >= 11 is 0. The van der Waals surface area contributed by atoms with Gasteiger partial charge in [0.2, 0.25) is 0 Å². The van der Waals surface area contributed by atoms with E-state index in [9.17, 15) is 0 Å². The minimum Gasteiger partial charge on any atom is -0.497 e. The lowest BCUT2D eigenvalue weighted by atomic mass is 9.64. The molecule has 1 saturated carbocycles. The molecule has 1 aromatic rings. The van der Waals surface area contributed by atoms with E-state index in [-0.39, 0.29) is 5.60 Å². The van der Waals surface area contributed by atoms with Crippen molar-refractivity contribution in [2.75, 3.05) is 19.0 Å². The maximum Gasteiger partial charge on any atom is 0.120 e. The van der Waals surface area contributed by atoms with Crippen LogP contribution >= 0.6 is 0 Å². The van der Waals surface area contributed by atoms with Crippen LogP contribution in [0.25, 0.3) is 0 Å². The van der Waals surface area contributed by atoms with Gasteiger partial charge in [0, 0.05) is 12.2 Å². The second kappa shape index (κ2) is 6.77. The van der Waals surface area contributed by atoms with Gasteiger partial charge < -0.3 is 14.8 Å². The van der Waals surface area contributed by atoms with Crippen LogP contribution in [0.4, 0.5) is 5.69 Å². The molecule has 1 aromatic carbocycles. The smallest absolute Gasteiger partial charge is 0.120 e. The van der Waals surface area contributed by atoms with Gasteiger partial charge in [0.1, 0.15) is 11.4 Å². The predicted octanol–water partition coefficient (Wildman–Crippen LogP) is 6.05. The zero-order valence-corrected chi connectivity index (χ0v) is 18.2. The van der Waals surface area contributed by atoms with Crippen LogP contribution in [-0.2, 0) is 4.74 Å². The van der Waals surface area contributed by atoms with E-state index in [0.29, 0.717) is 17.4 Å². The summed E-state index contributed by atoms with van der Waals surface area (Å²) in [6, 6.07) is 8.15. The molecule has 0 unspecified atom stereocenters. The van der Waals surface area contributed by atoms with E-state index in [1.807, 2.05) is 12.1 Å². The number of hydrogen-bond donors (Lipinski definition) is 1. The number of anilines is 1. The van der Waals surface area contributed by atoms with Crippen LogP contribution in [0, 0.1) is 11.3 Å². The molecule has 3 aliphatic carbocycles. The van der Waals surface area contributed by atoms with Gasteiger partial charge in [-0.15, -0.1) is 0 Å². The van der Waals surface area contributed by atoms with Gasteiger partial charge in [0.25, 0.3) is 0 Å². The third-order valence-electron chi connectivity index (χ3n) is 7.70. The Hall–Kier alpha value is -2.00. The molecule has 1 spiro atoms. The lowest BCUT2D eigenvalue weighted by Gasteiger charge is -2.39. The molecule has 3 atom stereocenters. The molecular formula is C26H33NO2. The van der Waals surface area contributed by atoms with Crippen LogP contribution in [0.1, 0.15) is 52.9 Å². The number of fused-ring (bicyclic) bond motifs is 2. The molecule has 3 heteroatoms. The van der Waals surface area contributed by atoms with Gasteiger partial charge in [-0.25, -0.2) is 0 Å². The van der Waals surface area contributed by atoms with Crippen molar-refractivity contribution in [2.45, 2.75) is 64.6 Å². The molecule has 1 saturated heterocycles. The van der Waals surface area contributed by atoms with Gasteiger partial charge in [-0.3, -0.25) is 0 Å². The monoisotopic (exact) mass is 391 g/mol. The highest BCUT2D eigenvalue weighted by molar-refractivity contribution is 5.57. The summed E-state index contributed by atoms with van der Waals surface area (Å²) in [5.74, 6) is 1.52. The molecule has 1 aliphatic heterocycles. The normalized spacial score (nSPS) is 32.7. The Morgan fingerprint density at radius 3 is 2.66 bits per heavy atom. The molecule has 0 aromatic heterocycles. The van der Waals surface area contributed by atoms with E-state index in [1.165, 1.54) is 36.8 Å². The van der Waals surface area contributed by atoms with Crippen LogP contribution in [-0.4, -0.2) is 25.4 Å². The lowest BCUT2D eigenvalue weighted by molar-refractivity contribution is 0.235. The Morgan fingerprint density at radius 1 is 1.14 bits per heavy atom. The third-order valence-corrected chi connectivity index (χ3v) is 7.70. The molecule has 4 aliphatic rings. The molecule has 29 heavy (non-hydrogen) atoms. The maximum atomic E-state index is 6.46. The van der Waals surface area contributed by atoms with Gasteiger partial charge in [-0.2, -0.15) is 0 Å². The van der Waals surface area contributed by atoms with Crippen molar-refractivity contribution in [1.29, 1.82) is 0 Å². The fraction of sp³-hybridized carbons (Fsp3) is 0.538. The summed E-state index contributed by atoms with van der Waals surface area (Å²) in [6.45, 7) is 8.07. The second-order valence-corrected chi connectivity index (χ2v) is 9.80. The van der Waals surface area contributed by atoms with E-state index in [1.54, 1.807) is 18.3 Å². The average molecular weight is 392 g/mol. The Balaban J connectivity index is 1.41. The molecule has 3 nitrogen and oxygen atoms in total. The van der Waals surface area contributed by atoms with Gasteiger partial charge in [-0.05, 0) is 84.4 Å². The first-order valence-corrected chi connectivity index (χ1v) is 11.1. The van der Waals surface area contributed by atoms with Crippen molar-refractivity contribution < 1.29 is 9.47 Å². The third kappa shape index (κ3) is 3.06. The Labute approximate surface area is 174 Å². The number of benzene rings is 1. The fourth-order valence-electron chi connectivity index (χ4n) is 5.85. The number of nitrogens with one attached hydrogen (secondary N) is 1. The number of ether oxygens (including phenoxy) is 2. The fourth-order valence-corrected chi connectivity index (χ4v) is 5.85. The highest BCUT2D eigenvalue weighted by atomic mass is 16.6. The Bertz CT molecular complexity index is 907.